The molecule has 0 spiro atoms. The van der Waals surface area contributed by atoms with Gasteiger partial charge in [-0.25, -0.2) is 0 Å². The second-order valence-corrected chi connectivity index (χ2v) is 5.40. The zero-order valence-electron chi connectivity index (χ0n) is 9.06. The molecule has 0 aromatic rings. The summed E-state index contributed by atoms with van der Waals surface area (Å²) in [4.78, 5) is 13.7. The number of carbonyl (C=O) groups is 1. The summed E-state index contributed by atoms with van der Waals surface area (Å²) in [5, 5.41) is 9.32. The summed E-state index contributed by atoms with van der Waals surface area (Å²) in [6, 6.07) is 1.03. The van der Waals surface area contributed by atoms with Crippen LogP contribution in [0, 0.1) is 5.92 Å². The largest absolute Gasteiger partial charge is 0.480 e. The molecule has 1 heterocycles. The molecule has 0 aromatic heterocycles. The molecule has 3 atom stereocenters. The SMILES string of the molecule is O=C(O)C1C2CCC(C2)N1C1CCCC1. The van der Waals surface area contributed by atoms with E-state index >= 15 is 0 Å². The van der Waals surface area contributed by atoms with Gasteiger partial charge in [-0.05, 0) is 38.0 Å². The Labute approximate surface area is 90.5 Å². The van der Waals surface area contributed by atoms with Crippen molar-refractivity contribution in [1.82, 2.24) is 4.90 Å². The van der Waals surface area contributed by atoms with Crippen LogP contribution in [0.15, 0.2) is 0 Å². The maximum atomic E-state index is 11.3. The number of fused-ring (bicyclic) bond motifs is 2. The second-order valence-electron chi connectivity index (χ2n) is 5.40. The lowest BCUT2D eigenvalue weighted by atomic mass is 9.97. The summed E-state index contributed by atoms with van der Waals surface area (Å²) < 4.78 is 0. The molecule has 0 aromatic carbocycles. The summed E-state index contributed by atoms with van der Waals surface area (Å²) in [6.45, 7) is 0. The lowest BCUT2D eigenvalue weighted by Crippen LogP contribution is -2.50. The molecule has 84 valence electrons. The lowest BCUT2D eigenvalue weighted by molar-refractivity contribution is -0.146. The number of rotatable bonds is 2. The van der Waals surface area contributed by atoms with E-state index in [0.29, 0.717) is 18.0 Å². The Bertz CT molecular complexity index is 273. The molecular weight excluding hydrogens is 190 g/mol. The molecule has 2 aliphatic carbocycles. The highest BCUT2D eigenvalue weighted by molar-refractivity contribution is 5.74. The van der Waals surface area contributed by atoms with E-state index in [1.54, 1.807) is 0 Å². The van der Waals surface area contributed by atoms with Crippen molar-refractivity contribution in [1.29, 1.82) is 0 Å². The predicted octanol–water partition coefficient (Wildman–Crippen LogP) is 1.87. The third-order valence-electron chi connectivity index (χ3n) is 4.63. The molecule has 0 amide bonds. The van der Waals surface area contributed by atoms with Crippen molar-refractivity contribution >= 4 is 5.97 Å². The molecule has 2 saturated carbocycles. The van der Waals surface area contributed by atoms with E-state index in [-0.39, 0.29) is 6.04 Å². The lowest BCUT2D eigenvalue weighted by Gasteiger charge is -2.37. The van der Waals surface area contributed by atoms with Crippen molar-refractivity contribution in [2.24, 2.45) is 5.92 Å². The molecule has 0 radical (unpaired) electrons. The average molecular weight is 209 g/mol. The van der Waals surface area contributed by atoms with E-state index in [9.17, 15) is 9.90 Å². The van der Waals surface area contributed by atoms with Gasteiger partial charge in [-0.3, -0.25) is 9.69 Å². The van der Waals surface area contributed by atoms with Crippen LogP contribution in [0.1, 0.15) is 44.9 Å². The van der Waals surface area contributed by atoms with Gasteiger partial charge in [0.1, 0.15) is 6.04 Å². The van der Waals surface area contributed by atoms with Crippen molar-refractivity contribution in [3.63, 3.8) is 0 Å². The van der Waals surface area contributed by atoms with Crippen LogP contribution in [-0.4, -0.2) is 34.1 Å². The molecule has 1 N–H and O–H groups in total. The smallest absolute Gasteiger partial charge is 0.321 e. The van der Waals surface area contributed by atoms with E-state index in [4.69, 9.17) is 0 Å². The third-order valence-corrected chi connectivity index (χ3v) is 4.63. The van der Waals surface area contributed by atoms with Gasteiger partial charge < -0.3 is 5.11 Å². The summed E-state index contributed by atoms with van der Waals surface area (Å²) in [5.41, 5.74) is 0. The summed E-state index contributed by atoms with van der Waals surface area (Å²) in [7, 11) is 0. The predicted molar refractivity (Wildman–Crippen MR) is 56.6 cm³/mol. The minimum Gasteiger partial charge on any atom is -0.480 e. The Kier molecular flexibility index (Phi) is 2.23. The number of carboxylic acid groups (broad SMARTS) is 1. The molecule has 3 fully saturated rings. The first kappa shape index (κ1) is 9.64. The van der Waals surface area contributed by atoms with Crippen LogP contribution in [0.25, 0.3) is 0 Å². The number of carboxylic acids is 1. The number of nitrogens with zero attached hydrogens (tertiary/aromatic N) is 1. The van der Waals surface area contributed by atoms with Crippen molar-refractivity contribution in [3.05, 3.63) is 0 Å². The fourth-order valence-corrected chi connectivity index (χ4v) is 4.08. The van der Waals surface area contributed by atoms with Gasteiger partial charge in [0.15, 0.2) is 0 Å². The maximum Gasteiger partial charge on any atom is 0.321 e. The fraction of sp³-hybridized carbons (Fsp3) is 0.917. The van der Waals surface area contributed by atoms with Gasteiger partial charge in [0.05, 0.1) is 0 Å². The van der Waals surface area contributed by atoms with Crippen LogP contribution in [0.3, 0.4) is 0 Å². The monoisotopic (exact) mass is 209 g/mol. The number of aliphatic carboxylic acids is 1. The summed E-state index contributed by atoms with van der Waals surface area (Å²) in [6.07, 6.45) is 8.58. The average Bonchev–Trinajstić information content (AvgIpc) is 2.92. The van der Waals surface area contributed by atoms with Crippen molar-refractivity contribution in [2.45, 2.75) is 63.1 Å². The fourth-order valence-electron chi connectivity index (χ4n) is 4.08. The molecule has 3 nitrogen and oxygen atoms in total. The first-order valence-electron chi connectivity index (χ1n) is 6.27. The number of likely N-dealkylation sites (tertiary alicyclic amines) is 1. The summed E-state index contributed by atoms with van der Waals surface area (Å²) in [5.74, 6) is -0.123. The molecule has 15 heavy (non-hydrogen) atoms. The molecule has 3 heteroatoms. The zero-order chi connectivity index (χ0) is 10.4. The molecule has 1 aliphatic heterocycles. The van der Waals surface area contributed by atoms with E-state index in [0.717, 1.165) is 12.8 Å². The van der Waals surface area contributed by atoms with Crippen LogP contribution in [0.4, 0.5) is 0 Å². The van der Waals surface area contributed by atoms with Crippen LogP contribution < -0.4 is 0 Å². The normalized spacial score (nSPS) is 41.5. The Morgan fingerprint density at radius 3 is 2.47 bits per heavy atom. The third kappa shape index (κ3) is 1.40. The highest BCUT2D eigenvalue weighted by Gasteiger charge is 2.51. The Hall–Kier alpha value is -0.570. The van der Waals surface area contributed by atoms with Crippen LogP contribution in [0.5, 0.6) is 0 Å². The van der Waals surface area contributed by atoms with Crippen LogP contribution >= 0.6 is 0 Å². The second kappa shape index (κ2) is 3.48. The minimum absolute atomic E-state index is 0.146. The highest BCUT2D eigenvalue weighted by Crippen LogP contribution is 2.45. The van der Waals surface area contributed by atoms with Gasteiger partial charge in [-0.15, -0.1) is 0 Å². The van der Waals surface area contributed by atoms with Gasteiger partial charge in [0.2, 0.25) is 0 Å². The van der Waals surface area contributed by atoms with Crippen molar-refractivity contribution < 1.29 is 9.90 Å². The Morgan fingerprint density at radius 1 is 1.07 bits per heavy atom. The molecule has 2 bridgehead atoms. The van der Waals surface area contributed by atoms with Crippen molar-refractivity contribution in [3.8, 4) is 0 Å². The number of hydrogen-bond donors (Lipinski definition) is 1. The maximum absolute atomic E-state index is 11.3. The number of hydrogen-bond acceptors (Lipinski definition) is 2. The minimum atomic E-state index is -0.575. The van der Waals surface area contributed by atoms with E-state index < -0.39 is 5.97 Å². The topological polar surface area (TPSA) is 40.5 Å². The first-order chi connectivity index (χ1) is 7.27. The first-order valence-corrected chi connectivity index (χ1v) is 6.27. The van der Waals surface area contributed by atoms with Gasteiger partial charge in [0.25, 0.3) is 0 Å². The number of piperidine rings is 1. The summed E-state index contributed by atoms with van der Waals surface area (Å²) >= 11 is 0. The van der Waals surface area contributed by atoms with Gasteiger partial charge >= 0.3 is 5.97 Å². The van der Waals surface area contributed by atoms with Crippen LogP contribution in [0.2, 0.25) is 0 Å². The quantitative estimate of drug-likeness (QED) is 0.754. The van der Waals surface area contributed by atoms with E-state index in [1.165, 1.54) is 32.1 Å². The van der Waals surface area contributed by atoms with E-state index in [2.05, 4.69) is 4.90 Å². The highest BCUT2D eigenvalue weighted by atomic mass is 16.4. The molecule has 1 saturated heterocycles. The zero-order valence-corrected chi connectivity index (χ0v) is 9.06. The van der Waals surface area contributed by atoms with E-state index in [1.807, 2.05) is 0 Å². The van der Waals surface area contributed by atoms with Crippen LogP contribution in [-0.2, 0) is 4.79 Å². The Balaban J connectivity index is 1.82. The van der Waals surface area contributed by atoms with Gasteiger partial charge in [-0.2, -0.15) is 0 Å². The molecule has 3 aliphatic rings. The standard InChI is InChI=1S/C12H19NO2/c14-12(15)11-8-5-6-10(7-8)13(11)9-3-1-2-4-9/h8-11H,1-7H2,(H,14,15). The van der Waals surface area contributed by atoms with Gasteiger partial charge in [-0.1, -0.05) is 12.8 Å². The molecular formula is C12H19NO2. The van der Waals surface area contributed by atoms with Crippen molar-refractivity contribution in [2.75, 3.05) is 0 Å². The van der Waals surface area contributed by atoms with Gasteiger partial charge in [0, 0.05) is 12.1 Å². The Morgan fingerprint density at radius 2 is 1.80 bits per heavy atom. The molecule has 3 rings (SSSR count). The molecule has 3 unspecified atom stereocenters.